The first kappa shape index (κ1) is 10.8. The highest BCUT2D eigenvalue weighted by Crippen LogP contribution is 2.59. The monoisotopic (exact) mass is 222 g/mol. The summed E-state index contributed by atoms with van der Waals surface area (Å²) < 4.78 is 6.02. The van der Waals surface area contributed by atoms with Crippen molar-refractivity contribution in [2.45, 2.75) is 51.6 Å². The van der Waals surface area contributed by atoms with Crippen molar-refractivity contribution >= 4 is 5.78 Å². The average Bonchev–Trinajstić information content (AvgIpc) is 2.22. The van der Waals surface area contributed by atoms with E-state index in [0.717, 1.165) is 23.7 Å². The van der Waals surface area contributed by atoms with E-state index in [4.69, 9.17) is 4.74 Å². The van der Waals surface area contributed by atoms with Crippen LogP contribution in [-0.4, -0.2) is 18.0 Å². The quantitative estimate of drug-likeness (QED) is 0.734. The summed E-state index contributed by atoms with van der Waals surface area (Å²) in [6.07, 6.45) is 6.86. The molecule has 4 aliphatic carbocycles. The fourth-order valence-electron chi connectivity index (χ4n) is 4.61. The molecule has 4 fully saturated rings. The highest BCUT2D eigenvalue weighted by molar-refractivity contribution is 5.76. The van der Waals surface area contributed by atoms with E-state index in [1.54, 1.807) is 6.92 Å². The van der Waals surface area contributed by atoms with Gasteiger partial charge in [0.15, 0.2) is 5.78 Å². The van der Waals surface area contributed by atoms with Gasteiger partial charge in [0.25, 0.3) is 0 Å². The third kappa shape index (κ3) is 1.54. The molecule has 0 amide bonds. The Bertz CT molecular complexity index is 280. The Hall–Kier alpha value is -0.370. The molecule has 2 nitrogen and oxygen atoms in total. The van der Waals surface area contributed by atoms with Gasteiger partial charge in [-0.15, -0.1) is 0 Å². The molecule has 4 bridgehead atoms. The summed E-state index contributed by atoms with van der Waals surface area (Å²) in [5.41, 5.74) is 0.0130. The number of ether oxygens (including phenoxy) is 1. The third-order valence-electron chi connectivity index (χ3n) is 5.35. The van der Waals surface area contributed by atoms with Crippen LogP contribution in [0.1, 0.15) is 46.0 Å². The number of hydrogen-bond acceptors (Lipinski definition) is 2. The molecular weight excluding hydrogens is 200 g/mol. The fraction of sp³-hybridized carbons (Fsp3) is 0.929. The minimum absolute atomic E-state index is 0.0130. The van der Waals surface area contributed by atoms with Gasteiger partial charge in [0, 0.05) is 0 Å². The van der Waals surface area contributed by atoms with Crippen LogP contribution in [0.15, 0.2) is 0 Å². The van der Waals surface area contributed by atoms with E-state index in [1.165, 1.54) is 32.1 Å². The van der Waals surface area contributed by atoms with Gasteiger partial charge in [-0.25, -0.2) is 0 Å². The van der Waals surface area contributed by atoms with Gasteiger partial charge in [-0.3, -0.25) is 4.79 Å². The molecule has 0 aromatic carbocycles. The van der Waals surface area contributed by atoms with Crippen molar-refractivity contribution in [3.05, 3.63) is 0 Å². The summed E-state index contributed by atoms with van der Waals surface area (Å²) in [5, 5.41) is 0. The Morgan fingerprint density at radius 2 is 1.62 bits per heavy atom. The maximum atomic E-state index is 11.1. The molecule has 90 valence electrons. The molecule has 4 aliphatic rings. The Morgan fingerprint density at radius 3 is 2.06 bits per heavy atom. The summed E-state index contributed by atoms with van der Waals surface area (Å²) in [5.74, 6) is 3.55. The smallest absolute Gasteiger partial charge is 0.155 e. The van der Waals surface area contributed by atoms with Gasteiger partial charge in [-0.05, 0) is 69.6 Å². The van der Waals surface area contributed by atoms with Crippen LogP contribution in [0.2, 0.25) is 0 Å². The molecule has 0 N–H and O–H groups in total. The van der Waals surface area contributed by atoms with Crippen LogP contribution >= 0.6 is 0 Å². The van der Waals surface area contributed by atoms with E-state index < -0.39 is 0 Å². The van der Waals surface area contributed by atoms with E-state index in [9.17, 15) is 4.79 Å². The zero-order valence-corrected chi connectivity index (χ0v) is 10.4. The lowest BCUT2D eigenvalue weighted by molar-refractivity contribution is -0.194. The van der Waals surface area contributed by atoms with Crippen molar-refractivity contribution in [3.8, 4) is 0 Å². The predicted octanol–water partition coefficient (Wildman–Crippen LogP) is 2.81. The molecule has 4 rings (SSSR count). The van der Waals surface area contributed by atoms with Crippen molar-refractivity contribution in [2.75, 3.05) is 6.61 Å². The van der Waals surface area contributed by atoms with Crippen LogP contribution in [0.5, 0.6) is 0 Å². The molecule has 0 aromatic rings. The number of Topliss-reactive ketones (excluding diaryl/α,β-unsaturated/α-hetero) is 1. The lowest BCUT2D eigenvalue weighted by atomic mass is 9.50. The molecule has 0 heterocycles. The number of hydrogen-bond donors (Lipinski definition) is 0. The molecule has 0 radical (unpaired) electrons. The molecule has 0 aliphatic heterocycles. The van der Waals surface area contributed by atoms with Crippen LogP contribution in [0.25, 0.3) is 0 Å². The number of carbonyl (C=O) groups is 1. The zero-order valence-electron chi connectivity index (χ0n) is 10.4. The lowest BCUT2D eigenvalue weighted by Crippen LogP contribution is -2.57. The maximum Gasteiger partial charge on any atom is 0.155 e. The summed E-state index contributed by atoms with van der Waals surface area (Å²) >= 11 is 0. The summed E-state index contributed by atoms with van der Waals surface area (Å²) in [6.45, 7) is 4.21. The summed E-state index contributed by atoms with van der Waals surface area (Å²) in [4.78, 5) is 11.1. The SMILES string of the molecule is CC(=O)COC1(C)C2CC3CC(C2)CC1C3. The van der Waals surface area contributed by atoms with Crippen LogP contribution in [-0.2, 0) is 9.53 Å². The van der Waals surface area contributed by atoms with E-state index in [1.807, 2.05) is 0 Å². The second kappa shape index (κ2) is 3.56. The van der Waals surface area contributed by atoms with E-state index in [-0.39, 0.29) is 11.4 Å². The van der Waals surface area contributed by atoms with Crippen LogP contribution in [0.4, 0.5) is 0 Å². The summed E-state index contributed by atoms with van der Waals surface area (Å²) in [7, 11) is 0. The van der Waals surface area contributed by atoms with Crippen LogP contribution < -0.4 is 0 Å². The standard InChI is InChI=1S/C14H22O2/c1-9(15)8-16-14(2)12-4-10-3-11(6-12)7-13(14)5-10/h10-13H,3-8H2,1-2H3. The van der Waals surface area contributed by atoms with Gasteiger partial charge >= 0.3 is 0 Å². The molecule has 0 spiro atoms. The lowest BCUT2D eigenvalue weighted by Gasteiger charge is -2.59. The van der Waals surface area contributed by atoms with Crippen LogP contribution in [0.3, 0.4) is 0 Å². The molecule has 0 unspecified atom stereocenters. The first-order valence-corrected chi connectivity index (χ1v) is 6.71. The Labute approximate surface area is 97.7 Å². The Balaban J connectivity index is 1.77. The van der Waals surface area contributed by atoms with Gasteiger partial charge in [-0.2, -0.15) is 0 Å². The second-order valence-electron chi connectivity index (χ2n) is 6.48. The van der Waals surface area contributed by atoms with Crippen LogP contribution in [0, 0.1) is 23.7 Å². The van der Waals surface area contributed by atoms with Gasteiger partial charge < -0.3 is 4.74 Å². The third-order valence-corrected chi connectivity index (χ3v) is 5.35. The number of carbonyl (C=O) groups excluding carboxylic acids is 1. The van der Waals surface area contributed by atoms with Crippen molar-refractivity contribution in [1.82, 2.24) is 0 Å². The minimum atomic E-state index is 0.0130. The van der Waals surface area contributed by atoms with Crippen molar-refractivity contribution < 1.29 is 9.53 Å². The molecule has 2 heteroatoms. The number of rotatable bonds is 3. The van der Waals surface area contributed by atoms with Gasteiger partial charge in [0.1, 0.15) is 6.61 Å². The van der Waals surface area contributed by atoms with Crippen molar-refractivity contribution in [2.24, 2.45) is 23.7 Å². The minimum Gasteiger partial charge on any atom is -0.367 e. The van der Waals surface area contributed by atoms with E-state index >= 15 is 0 Å². The highest BCUT2D eigenvalue weighted by Gasteiger charge is 2.55. The molecule has 0 saturated heterocycles. The van der Waals surface area contributed by atoms with Crippen molar-refractivity contribution in [1.29, 1.82) is 0 Å². The molecule has 0 atom stereocenters. The first-order valence-electron chi connectivity index (χ1n) is 6.71. The zero-order chi connectivity index (χ0) is 11.3. The van der Waals surface area contributed by atoms with Gasteiger partial charge in [0.2, 0.25) is 0 Å². The van der Waals surface area contributed by atoms with Crippen molar-refractivity contribution in [3.63, 3.8) is 0 Å². The summed E-state index contributed by atoms with van der Waals surface area (Å²) in [6, 6.07) is 0. The topological polar surface area (TPSA) is 26.3 Å². The Morgan fingerprint density at radius 1 is 1.12 bits per heavy atom. The second-order valence-corrected chi connectivity index (χ2v) is 6.48. The highest BCUT2D eigenvalue weighted by atomic mass is 16.5. The molecule has 4 saturated carbocycles. The Kier molecular flexibility index (Phi) is 2.39. The maximum absolute atomic E-state index is 11.1. The normalized spacial score (nSPS) is 49.6. The first-order chi connectivity index (χ1) is 7.58. The van der Waals surface area contributed by atoms with Gasteiger partial charge in [-0.1, -0.05) is 0 Å². The van der Waals surface area contributed by atoms with E-state index in [0.29, 0.717) is 6.61 Å². The largest absolute Gasteiger partial charge is 0.367 e. The van der Waals surface area contributed by atoms with Gasteiger partial charge in [0.05, 0.1) is 5.60 Å². The molecule has 16 heavy (non-hydrogen) atoms. The van der Waals surface area contributed by atoms with E-state index in [2.05, 4.69) is 6.92 Å². The average molecular weight is 222 g/mol. The fourth-order valence-corrected chi connectivity index (χ4v) is 4.61. The molecular formula is C14H22O2. The molecule has 0 aromatic heterocycles. The number of ketones is 1. The predicted molar refractivity (Wildman–Crippen MR) is 62.1 cm³/mol.